The van der Waals surface area contributed by atoms with Gasteiger partial charge < -0.3 is 20.6 Å². The van der Waals surface area contributed by atoms with Gasteiger partial charge in [-0.25, -0.2) is 4.79 Å². The van der Waals surface area contributed by atoms with Crippen molar-refractivity contribution in [2.45, 2.75) is 5.75 Å². The number of anilines is 1. The van der Waals surface area contributed by atoms with Crippen LogP contribution in [0, 0.1) is 0 Å². The Labute approximate surface area is 139 Å². The van der Waals surface area contributed by atoms with E-state index in [9.17, 15) is 18.6 Å². The number of nitrogens with two attached hydrogens (primary N) is 1. The standard InChI is InChI=1S/C15H14N2O6S/c16-14(19)10-3-1-2-4-11(10)17-13(18)8-24(22)7-9-5-6-12(23-9)15(20)21/h1-6H,7-8H2,(H2,16,19)(H,17,18)(H,20,21). The summed E-state index contributed by atoms with van der Waals surface area (Å²) >= 11 is 0. The summed E-state index contributed by atoms with van der Waals surface area (Å²) in [5.74, 6) is -2.98. The molecule has 0 saturated heterocycles. The van der Waals surface area contributed by atoms with Gasteiger partial charge in [0.1, 0.15) is 11.5 Å². The number of carboxylic acid groups (broad SMARTS) is 1. The van der Waals surface area contributed by atoms with Crippen LogP contribution in [0.15, 0.2) is 40.8 Å². The predicted octanol–water partition coefficient (Wildman–Crippen LogP) is 0.964. The fraction of sp³-hybridized carbons (Fsp3) is 0.133. The molecule has 2 rings (SSSR count). The number of para-hydroxylation sites is 1. The van der Waals surface area contributed by atoms with Gasteiger partial charge in [-0.05, 0) is 24.3 Å². The number of nitrogens with one attached hydrogen (secondary N) is 1. The zero-order valence-corrected chi connectivity index (χ0v) is 13.2. The topological polar surface area (TPSA) is 140 Å². The van der Waals surface area contributed by atoms with E-state index in [-0.39, 0.29) is 34.3 Å². The lowest BCUT2D eigenvalue weighted by Gasteiger charge is -2.08. The van der Waals surface area contributed by atoms with E-state index in [0.717, 1.165) is 0 Å². The maximum absolute atomic E-state index is 12.0. The van der Waals surface area contributed by atoms with Gasteiger partial charge in [0.15, 0.2) is 0 Å². The van der Waals surface area contributed by atoms with Crippen LogP contribution in [-0.4, -0.2) is 32.9 Å². The second-order valence-corrected chi connectivity index (χ2v) is 6.21. The highest BCUT2D eigenvalue weighted by Crippen LogP contribution is 2.15. The molecule has 9 heteroatoms. The number of aromatic carboxylic acids is 1. The molecule has 24 heavy (non-hydrogen) atoms. The lowest BCUT2D eigenvalue weighted by atomic mass is 10.1. The molecule has 0 spiro atoms. The van der Waals surface area contributed by atoms with Crippen molar-refractivity contribution in [1.82, 2.24) is 0 Å². The van der Waals surface area contributed by atoms with Crippen molar-refractivity contribution in [2.75, 3.05) is 11.1 Å². The average molecular weight is 350 g/mol. The number of rotatable bonds is 7. The Morgan fingerprint density at radius 3 is 2.50 bits per heavy atom. The van der Waals surface area contributed by atoms with E-state index in [1.165, 1.54) is 24.3 Å². The first kappa shape index (κ1) is 17.4. The van der Waals surface area contributed by atoms with Crippen molar-refractivity contribution in [1.29, 1.82) is 0 Å². The van der Waals surface area contributed by atoms with E-state index < -0.39 is 28.6 Å². The molecule has 126 valence electrons. The van der Waals surface area contributed by atoms with Crippen LogP contribution in [0.5, 0.6) is 0 Å². The summed E-state index contributed by atoms with van der Waals surface area (Å²) in [6.45, 7) is 0. The summed E-state index contributed by atoms with van der Waals surface area (Å²) in [6.07, 6.45) is 0. The molecule has 0 aliphatic carbocycles. The Balaban J connectivity index is 1.95. The second-order valence-electron chi connectivity index (χ2n) is 4.76. The number of hydrogen-bond acceptors (Lipinski definition) is 5. The maximum atomic E-state index is 12.0. The quantitative estimate of drug-likeness (QED) is 0.679. The fourth-order valence-electron chi connectivity index (χ4n) is 1.92. The van der Waals surface area contributed by atoms with Gasteiger partial charge in [-0.3, -0.25) is 13.8 Å². The largest absolute Gasteiger partial charge is 0.475 e. The van der Waals surface area contributed by atoms with E-state index in [4.69, 9.17) is 15.3 Å². The SMILES string of the molecule is NC(=O)c1ccccc1NC(=O)CS(=O)Cc1ccc(C(=O)O)o1. The lowest BCUT2D eigenvalue weighted by molar-refractivity contribution is -0.113. The molecule has 0 radical (unpaired) electrons. The van der Waals surface area contributed by atoms with Gasteiger partial charge in [0.25, 0.3) is 5.91 Å². The van der Waals surface area contributed by atoms with E-state index in [1.54, 1.807) is 12.1 Å². The average Bonchev–Trinajstić information content (AvgIpc) is 2.95. The van der Waals surface area contributed by atoms with E-state index >= 15 is 0 Å². The first-order valence-electron chi connectivity index (χ1n) is 6.72. The van der Waals surface area contributed by atoms with Gasteiger partial charge in [0.2, 0.25) is 11.7 Å². The normalized spacial score (nSPS) is 11.7. The fourth-order valence-corrected chi connectivity index (χ4v) is 2.86. The van der Waals surface area contributed by atoms with Crippen molar-refractivity contribution in [3.8, 4) is 0 Å². The highest BCUT2D eigenvalue weighted by atomic mass is 32.2. The number of carbonyl (C=O) groups excluding carboxylic acids is 2. The number of carboxylic acids is 1. The van der Waals surface area contributed by atoms with E-state index in [1.807, 2.05) is 0 Å². The zero-order chi connectivity index (χ0) is 17.7. The molecule has 0 aliphatic rings. The van der Waals surface area contributed by atoms with Crippen LogP contribution in [0.2, 0.25) is 0 Å². The minimum Gasteiger partial charge on any atom is -0.475 e. The summed E-state index contributed by atoms with van der Waals surface area (Å²) in [7, 11) is -1.61. The Morgan fingerprint density at radius 2 is 1.88 bits per heavy atom. The van der Waals surface area contributed by atoms with Crippen LogP contribution >= 0.6 is 0 Å². The molecule has 2 amide bonds. The summed E-state index contributed by atoms with van der Waals surface area (Å²) in [5, 5.41) is 11.2. The summed E-state index contributed by atoms with van der Waals surface area (Å²) in [6, 6.07) is 8.83. The van der Waals surface area contributed by atoms with Gasteiger partial charge in [-0.1, -0.05) is 12.1 Å². The molecular formula is C15H14N2O6S. The summed E-state index contributed by atoms with van der Waals surface area (Å²) in [5.41, 5.74) is 5.59. The van der Waals surface area contributed by atoms with Crippen LogP contribution in [0.3, 0.4) is 0 Å². The third-order valence-corrected chi connectivity index (χ3v) is 4.13. The third-order valence-electron chi connectivity index (χ3n) is 2.93. The maximum Gasteiger partial charge on any atom is 0.371 e. The number of hydrogen-bond donors (Lipinski definition) is 3. The number of furan rings is 1. The van der Waals surface area contributed by atoms with Crippen molar-refractivity contribution >= 4 is 34.3 Å². The number of primary amides is 1. The molecule has 2 aromatic rings. The van der Waals surface area contributed by atoms with Crippen LogP contribution in [0.4, 0.5) is 5.69 Å². The Bertz CT molecular complexity index is 814. The molecule has 8 nitrogen and oxygen atoms in total. The molecule has 1 atom stereocenters. The summed E-state index contributed by atoms with van der Waals surface area (Å²) in [4.78, 5) is 33.9. The van der Waals surface area contributed by atoms with E-state index in [2.05, 4.69) is 5.32 Å². The van der Waals surface area contributed by atoms with Crippen LogP contribution < -0.4 is 11.1 Å². The number of benzene rings is 1. The highest BCUT2D eigenvalue weighted by Gasteiger charge is 2.15. The Hall–Kier alpha value is -2.94. The monoisotopic (exact) mass is 350 g/mol. The van der Waals surface area contributed by atoms with Crippen LogP contribution in [0.1, 0.15) is 26.7 Å². The molecule has 0 aliphatic heterocycles. The molecule has 1 unspecified atom stereocenters. The van der Waals surface area contributed by atoms with Crippen molar-refractivity contribution < 1.29 is 28.1 Å². The predicted molar refractivity (Wildman–Crippen MR) is 86.0 cm³/mol. The zero-order valence-electron chi connectivity index (χ0n) is 12.4. The van der Waals surface area contributed by atoms with E-state index in [0.29, 0.717) is 0 Å². The van der Waals surface area contributed by atoms with Gasteiger partial charge >= 0.3 is 5.97 Å². The summed E-state index contributed by atoms with van der Waals surface area (Å²) < 4.78 is 16.9. The van der Waals surface area contributed by atoms with Gasteiger partial charge in [0.05, 0.1) is 17.0 Å². The second kappa shape index (κ2) is 7.55. The molecule has 4 N–H and O–H groups in total. The molecule has 0 fully saturated rings. The van der Waals surface area contributed by atoms with Gasteiger partial charge in [-0.15, -0.1) is 0 Å². The third kappa shape index (κ3) is 4.53. The van der Waals surface area contributed by atoms with Crippen molar-refractivity contribution in [3.05, 3.63) is 53.5 Å². The minimum absolute atomic E-state index is 0.0990. The first-order valence-corrected chi connectivity index (χ1v) is 8.21. The Kier molecular flexibility index (Phi) is 5.48. The molecule has 0 saturated carbocycles. The van der Waals surface area contributed by atoms with Crippen LogP contribution in [0.25, 0.3) is 0 Å². The first-order chi connectivity index (χ1) is 11.4. The molecule has 1 aromatic heterocycles. The lowest BCUT2D eigenvalue weighted by Crippen LogP contribution is -2.22. The molecule has 1 heterocycles. The van der Waals surface area contributed by atoms with Crippen molar-refractivity contribution in [3.63, 3.8) is 0 Å². The molecular weight excluding hydrogens is 336 g/mol. The number of carbonyl (C=O) groups is 3. The van der Waals surface area contributed by atoms with Gasteiger partial charge in [0, 0.05) is 10.8 Å². The highest BCUT2D eigenvalue weighted by molar-refractivity contribution is 7.84. The Morgan fingerprint density at radius 1 is 1.17 bits per heavy atom. The smallest absolute Gasteiger partial charge is 0.371 e. The number of amides is 2. The molecule has 1 aromatic carbocycles. The van der Waals surface area contributed by atoms with Crippen LogP contribution in [-0.2, 0) is 21.3 Å². The molecule has 0 bridgehead atoms. The van der Waals surface area contributed by atoms with Gasteiger partial charge in [-0.2, -0.15) is 0 Å². The van der Waals surface area contributed by atoms with Crippen molar-refractivity contribution in [2.24, 2.45) is 5.73 Å². The minimum atomic E-state index is -1.61.